The van der Waals surface area contributed by atoms with E-state index in [1.807, 2.05) is 6.26 Å². The van der Waals surface area contributed by atoms with Crippen LogP contribution in [0.4, 0.5) is 0 Å². The van der Waals surface area contributed by atoms with Gasteiger partial charge < -0.3 is 4.74 Å². The van der Waals surface area contributed by atoms with E-state index < -0.39 is 0 Å². The van der Waals surface area contributed by atoms with Crippen LogP contribution in [0.2, 0.25) is 0 Å². The number of ether oxygens (including phenoxy) is 1. The van der Waals surface area contributed by atoms with Gasteiger partial charge in [0.05, 0.1) is 6.61 Å². The number of aromatic nitrogens is 2. The minimum Gasteiger partial charge on any atom is -0.463 e. The van der Waals surface area contributed by atoms with Crippen molar-refractivity contribution in [3.8, 4) is 0 Å². The second-order valence-electron chi connectivity index (χ2n) is 2.65. The van der Waals surface area contributed by atoms with Gasteiger partial charge in [-0.1, -0.05) is 41.4 Å². The third-order valence-corrected chi connectivity index (χ3v) is 4.61. The number of hydrogen-bond acceptors (Lipinski definition) is 7. The number of carbonyl (C=O) groups excluding carboxylic acids is 1. The zero-order chi connectivity index (χ0) is 12.0. The van der Waals surface area contributed by atoms with Gasteiger partial charge in [0.1, 0.15) is 0 Å². The fourth-order valence-electron chi connectivity index (χ4n) is 0.779. The molecule has 0 radical (unpaired) electrons. The van der Waals surface area contributed by atoms with Crippen LogP contribution >= 0.6 is 34.9 Å². The highest BCUT2D eigenvalue weighted by Crippen LogP contribution is 2.28. The van der Waals surface area contributed by atoms with Crippen LogP contribution in [0.3, 0.4) is 0 Å². The molecule has 88 valence electrons. The fourth-order valence-corrected chi connectivity index (χ4v) is 3.11. The first-order chi connectivity index (χ1) is 7.67. The maximum atomic E-state index is 11.3. The van der Waals surface area contributed by atoms with Crippen LogP contribution in [-0.2, 0) is 9.53 Å². The van der Waals surface area contributed by atoms with Gasteiger partial charge in [-0.05, 0) is 13.2 Å². The van der Waals surface area contributed by atoms with Gasteiger partial charge in [0.15, 0.2) is 8.68 Å². The molecular weight excluding hydrogens is 264 g/mol. The largest absolute Gasteiger partial charge is 0.463 e. The molecule has 1 heterocycles. The molecule has 0 saturated heterocycles. The monoisotopic (exact) mass is 276 g/mol. The van der Waals surface area contributed by atoms with Gasteiger partial charge in [-0.25, -0.2) is 4.79 Å². The first-order valence-corrected chi connectivity index (χ1v) is 7.55. The van der Waals surface area contributed by atoms with Crippen molar-refractivity contribution in [1.29, 1.82) is 0 Å². The molecule has 0 bridgehead atoms. The van der Waals surface area contributed by atoms with Crippen LogP contribution in [0.1, 0.15) is 6.92 Å². The number of thioether (sulfide) groups is 2. The first kappa shape index (κ1) is 13.5. The number of carbonyl (C=O) groups is 1. The van der Waals surface area contributed by atoms with Gasteiger partial charge in [0, 0.05) is 11.3 Å². The van der Waals surface area contributed by atoms with Crippen molar-refractivity contribution < 1.29 is 9.53 Å². The smallest absolute Gasteiger partial charge is 0.334 e. The van der Waals surface area contributed by atoms with Crippen molar-refractivity contribution in [3.05, 3.63) is 12.2 Å². The molecule has 0 amide bonds. The predicted octanol–water partition coefficient (Wildman–Crippen LogP) is 2.47. The standard InChI is InChI=1S/C9H12N2O2S3/c1-4-13-7(12)6(2)5-15-9-11-10-8(14-3)16-9/h2,4-5H2,1,3H3. The fraction of sp³-hybridized carbons (Fsp3) is 0.444. The molecule has 0 unspecified atom stereocenters. The first-order valence-electron chi connectivity index (χ1n) is 4.52. The molecule has 0 aromatic carbocycles. The maximum Gasteiger partial charge on any atom is 0.334 e. The Morgan fingerprint density at radius 1 is 1.50 bits per heavy atom. The number of nitrogens with zero attached hydrogens (tertiary/aromatic N) is 2. The Labute approximate surface area is 107 Å². The maximum absolute atomic E-state index is 11.3. The Kier molecular flexibility index (Phi) is 5.86. The second-order valence-corrected chi connectivity index (χ2v) is 5.90. The molecule has 7 heteroatoms. The van der Waals surface area contributed by atoms with E-state index in [9.17, 15) is 4.79 Å². The van der Waals surface area contributed by atoms with Crippen molar-refractivity contribution in [2.75, 3.05) is 18.6 Å². The highest BCUT2D eigenvalue weighted by Gasteiger charge is 2.10. The summed E-state index contributed by atoms with van der Waals surface area (Å²) in [6.45, 7) is 5.82. The summed E-state index contributed by atoms with van der Waals surface area (Å²) < 4.78 is 6.59. The molecule has 0 aliphatic heterocycles. The van der Waals surface area contributed by atoms with Gasteiger partial charge in [0.2, 0.25) is 0 Å². The van der Waals surface area contributed by atoms with Crippen LogP contribution in [-0.4, -0.2) is 34.8 Å². The number of esters is 1. The molecule has 0 fully saturated rings. The summed E-state index contributed by atoms with van der Waals surface area (Å²) in [4.78, 5) is 11.3. The Morgan fingerprint density at radius 3 is 2.75 bits per heavy atom. The molecule has 0 N–H and O–H groups in total. The summed E-state index contributed by atoms with van der Waals surface area (Å²) in [6, 6.07) is 0. The molecule has 1 aromatic rings. The molecule has 0 aliphatic rings. The predicted molar refractivity (Wildman–Crippen MR) is 68.2 cm³/mol. The highest BCUT2D eigenvalue weighted by atomic mass is 32.2. The van der Waals surface area contributed by atoms with Gasteiger partial charge in [-0.15, -0.1) is 10.2 Å². The van der Waals surface area contributed by atoms with Crippen molar-refractivity contribution >= 4 is 40.8 Å². The Hall–Kier alpha value is -0.530. The molecule has 16 heavy (non-hydrogen) atoms. The van der Waals surface area contributed by atoms with Crippen LogP contribution in [0.25, 0.3) is 0 Å². The zero-order valence-corrected chi connectivity index (χ0v) is 11.5. The SMILES string of the molecule is C=C(CSc1nnc(SC)s1)C(=O)OCC. The third-order valence-electron chi connectivity index (χ3n) is 1.50. The normalized spacial score (nSPS) is 10.1. The van der Waals surface area contributed by atoms with Crippen molar-refractivity contribution in [3.63, 3.8) is 0 Å². The minimum atomic E-state index is -0.343. The zero-order valence-electron chi connectivity index (χ0n) is 9.06. The molecule has 0 spiro atoms. The van der Waals surface area contributed by atoms with Gasteiger partial charge in [-0.2, -0.15) is 0 Å². The topological polar surface area (TPSA) is 52.1 Å². The van der Waals surface area contributed by atoms with E-state index in [1.54, 1.807) is 18.7 Å². The molecule has 4 nitrogen and oxygen atoms in total. The lowest BCUT2D eigenvalue weighted by Crippen LogP contribution is -2.08. The van der Waals surface area contributed by atoms with E-state index in [0.717, 1.165) is 8.68 Å². The average Bonchev–Trinajstić information content (AvgIpc) is 2.74. The Morgan fingerprint density at radius 2 is 2.19 bits per heavy atom. The third kappa shape index (κ3) is 4.15. The van der Waals surface area contributed by atoms with Crippen molar-refractivity contribution in [2.24, 2.45) is 0 Å². The van der Waals surface area contributed by atoms with Crippen LogP contribution < -0.4 is 0 Å². The van der Waals surface area contributed by atoms with E-state index in [1.165, 1.54) is 23.1 Å². The highest BCUT2D eigenvalue weighted by molar-refractivity contribution is 8.03. The molecule has 0 atom stereocenters. The van der Waals surface area contributed by atoms with E-state index in [2.05, 4.69) is 16.8 Å². The van der Waals surface area contributed by atoms with Crippen LogP contribution in [0, 0.1) is 0 Å². The van der Waals surface area contributed by atoms with Crippen molar-refractivity contribution in [1.82, 2.24) is 10.2 Å². The summed E-state index contributed by atoms with van der Waals surface area (Å²) in [5, 5.41) is 7.94. The van der Waals surface area contributed by atoms with Crippen molar-refractivity contribution in [2.45, 2.75) is 15.6 Å². The molecule has 1 rings (SSSR count). The summed E-state index contributed by atoms with van der Waals surface area (Å²) >= 11 is 4.52. The Balaban J connectivity index is 2.39. The second kappa shape index (κ2) is 6.93. The van der Waals surface area contributed by atoms with E-state index in [4.69, 9.17) is 4.74 Å². The van der Waals surface area contributed by atoms with E-state index in [-0.39, 0.29) is 5.97 Å². The molecule has 1 aromatic heterocycles. The van der Waals surface area contributed by atoms with Crippen LogP contribution in [0.5, 0.6) is 0 Å². The lowest BCUT2D eigenvalue weighted by atomic mass is 10.4. The lowest BCUT2D eigenvalue weighted by molar-refractivity contribution is -0.138. The van der Waals surface area contributed by atoms with Gasteiger partial charge in [0.25, 0.3) is 0 Å². The van der Waals surface area contributed by atoms with E-state index >= 15 is 0 Å². The summed E-state index contributed by atoms with van der Waals surface area (Å²) in [5.41, 5.74) is 0.452. The number of hydrogen-bond donors (Lipinski definition) is 0. The minimum absolute atomic E-state index is 0.343. The summed E-state index contributed by atoms with van der Waals surface area (Å²) in [5.74, 6) is 0.145. The van der Waals surface area contributed by atoms with Gasteiger partial charge >= 0.3 is 5.97 Å². The molecule has 0 aliphatic carbocycles. The Bertz CT molecular complexity index is 379. The number of rotatable bonds is 6. The quantitative estimate of drug-likeness (QED) is 0.452. The van der Waals surface area contributed by atoms with E-state index in [0.29, 0.717) is 17.9 Å². The summed E-state index contributed by atoms with van der Waals surface area (Å²) in [7, 11) is 0. The average molecular weight is 276 g/mol. The molecule has 0 saturated carbocycles. The van der Waals surface area contributed by atoms with Crippen LogP contribution in [0.15, 0.2) is 20.8 Å². The summed E-state index contributed by atoms with van der Waals surface area (Å²) in [6.07, 6.45) is 1.95. The lowest BCUT2D eigenvalue weighted by Gasteiger charge is -2.02. The van der Waals surface area contributed by atoms with Gasteiger partial charge in [-0.3, -0.25) is 0 Å². The molecular formula is C9H12N2O2S3.